The fourth-order valence-electron chi connectivity index (χ4n) is 1.76. The topological polar surface area (TPSA) is 72.9 Å². The molecule has 0 saturated heterocycles. The van der Waals surface area contributed by atoms with Gasteiger partial charge in [0.25, 0.3) is 0 Å². The number of halogens is 3. The van der Waals surface area contributed by atoms with Gasteiger partial charge in [0.2, 0.25) is 0 Å². The van der Waals surface area contributed by atoms with Gasteiger partial charge >= 0.3 is 19.5 Å². The van der Waals surface area contributed by atoms with E-state index >= 15 is 0 Å². The van der Waals surface area contributed by atoms with Gasteiger partial charge in [-0.25, -0.2) is 4.79 Å². The second-order valence-electron chi connectivity index (χ2n) is 5.97. The zero-order chi connectivity index (χ0) is 18.1. The van der Waals surface area contributed by atoms with Crippen molar-refractivity contribution in [3.8, 4) is 0 Å². The Morgan fingerprint density at radius 3 is 2.43 bits per heavy atom. The van der Waals surface area contributed by atoms with Crippen LogP contribution in [0, 0.1) is 0 Å². The first-order valence-corrected chi connectivity index (χ1v) is 10.7. The van der Waals surface area contributed by atoms with E-state index in [4.69, 9.17) is 4.74 Å². The molecule has 1 atom stereocenters. The third-order valence-electron chi connectivity index (χ3n) is 2.83. The largest absolute Gasteiger partial charge is 0.444 e. The van der Waals surface area contributed by atoms with Crippen molar-refractivity contribution in [2.75, 3.05) is 6.54 Å². The number of ether oxygens (including phenoxy) is 1. The average molecular weight is 467 g/mol. The summed E-state index contributed by atoms with van der Waals surface area (Å²) in [6.07, 6.45) is 0.736. The smallest absolute Gasteiger partial charge is 0.423 e. The highest BCUT2D eigenvalue weighted by atomic mass is 127. The van der Waals surface area contributed by atoms with Gasteiger partial charge in [-0.3, -0.25) is 0 Å². The Bertz CT molecular complexity index is 612. The molecule has 134 valence electrons. The van der Waals surface area contributed by atoms with Crippen LogP contribution in [0.15, 0.2) is 11.8 Å². The molecule has 0 aromatic rings. The van der Waals surface area contributed by atoms with Crippen LogP contribution in [0.4, 0.5) is 13.6 Å². The zero-order valence-corrected chi connectivity index (χ0v) is 16.3. The van der Waals surface area contributed by atoms with Crippen LogP contribution in [0.25, 0.3) is 0 Å². The van der Waals surface area contributed by atoms with Crippen LogP contribution in [0.3, 0.4) is 0 Å². The van der Waals surface area contributed by atoms with Gasteiger partial charge in [0.05, 0.1) is 0 Å². The molecule has 1 aliphatic rings. The van der Waals surface area contributed by atoms with Crippen molar-refractivity contribution in [2.45, 2.75) is 49.0 Å². The van der Waals surface area contributed by atoms with Gasteiger partial charge in [-0.05, 0) is 54.5 Å². The van der Waals surface area contributed by atoms with Crippen molar-refractivity contribution >= 4 is 41.5 Å². The maximum absolute atomic E-state index is 13.3. The quantitative estimate of drug-likeness (QED) is 0.361. The summed E-state index contributed by atoms with van der Waals surface area (Å²) in [5.74, 6) is -0.102. The van der Waals surface area contributed by atoms with Crippen LogP contribution >= 0.6 is 20.7 Å². The fraction of sp³-hybridized carbons (Fsp3) is 0.692. The molecule has 0 aliphatic carbocycles. The first kappa shape index (κ1) is 20.3. The van der Waals surface area contributed by atoms with Crippen LogP contribution in [0.2, 0.25) is 0 Å². The summed E-state index contributed by atoms with van der Waals surface area (Å²) in [4.78, 5) is 13.4. The van der Waals surface area contributed by atoms with E-state index in [0.29, 0.717) is 0 Å². The van der Waals surface area contributed by atoms with E-state index in [2.05, 4.69) is 8.70 Å². The predicted molar refractivity (Wildman–Crippen MR) is 91.2 cm³/mol. The molecule has 10 heteroatoms. The Morgan fingerprint density at radius 2 is 2.00 bits per heavy atom. The van der Waals surface area contributed by atoms with Crippen molar-refractivity contribution in [1.29, 1.82) is 0 Å². The third-order valence-corrected chi connectivity index (χ3v) is 7.07. The number of amides is 1. The molecule has 0 bridgehead atoms. The summed E-state index contributed by atoms with van der Waals surface area (Å²) in [6.45, 7) is 6.84. The van der Waals surface area contributed by atoms with Gasteiger partial charge in [-0.15, -0.1) is 0 Å². The van der Waals surface area contributed by atoms with Crippen LogP contribution in [-0.4, -0.2) is 45.4 Å². The Hall–Kier alpha value is -0.780. The molecule has 1 heterocycles. The van der Waals surface area contributed by atoms with E-state index in [-0.39, 0.29) is 18.7 Å². The van der Waals surface area contributed by atoms with Crippen LogP contribution < -0.4 is 0 Å². The number of hydrogen-bond acceptors (Lipinski definition) is 5. The minimum Gasteiger partial charge on any atom is -0.444 e. The molecule has 23 heavy (non-hydrogen) atoms. The number of rotatable bonds is 4. The minimum atomic E-state index is -5.05. The normalized spacial score (nSPS) is 20.0. The van der Waals surface area contributed by atoms with Crippen molar-refractivity contribution in [1.82, 2.24) is 4.90 Å². The molecule has 1 rings (SSSR count). The Labute approximate surface area is 144 Å². The lowest BCUT2D eigenvalue weighted by molar-refractivity contribution is 0.0179. The van der Waals surface area contributed by atoms with Gasteiger partial charge in [0.15, 0.2) is 0 Å². The number of carbonyl (C=O) groups is 1. The molecule has 1 amide bonds. The lowest BCUT2D eigenvalue weighted by Gasteiger charge is -2.34. The monoisotopic (exact) mass is 467 g/mol. The highest BCUT2D eigenvalue weighted by Gasteiger charge is 2.46. The summed E-state index contributed by atoms with van der Waals surface area (Å²) in [5, 5.41) is 0. The molecule has 0 fully saturated rings. The Morgan fingerprint density at radius 1 is 1.43 bits per heavy atom. The number of carbonyl (C=O) groups excluding carboxylic acids is 1. The van der Waals surface area contributed by atoms with Crippen LogP contribution in [0.5, 0.6) is 0 Å². The SMILES string of the molecule is C=IC(F)(F)S(=O)(=O)OC1=CCN(C(=O)OC(C)(C)C)C(C)C1. The van der Waals surface area contributed by atoms with Gasteiger partial charge in [-0.1, -0.05) is 4.51 Å². The molecule has 0 spiro atoms. The predicted octanol–water partition coefficient (Wildman–Crippen LogP) is 3.20. The number of alkyl halides is 3. The van der Waals surface area contributed by atoms with Crippen molar-refractivity contribution in [3.63, 3.8) is 0 Å². The highest BCUT2D eigenvalue weighted by Crippen LogP contribution is 2.36. The molecule has 6 nitrogen and oxygen atoms in total. The maximum atomic E-state index is 13.3. The standard InChI is InChI=1S/C13H20F2INO5S/c1-9-8-10(22-23(19,20)13(14,15)16-5)6-7-17(9)11(18)21-12(2,3)4/h6,9H,5,7-8H2,1-4H3. The molecule has 1 aliphatic heterocycles. The lowest BCUT2D eigenvalue weighted by Crippen LogP contribution is -2.44. The van der Waals surface area contributed by atoms with Crippen LogP contribution in [0.1, 0.15) is 34.1 Å². The van der Waals surface area contributed by atoms with Crippen molar-refractivity contribution in [3.05, 3.63) is 11.8 Å². The molecule has 0 aromatic carbocycles. The first-order chi connectivity index (χ1) is 10.3. The summed E-state index contributed by atoms with van der Waals surface area (Å²) in [7, 11) is -5.05. The van der Waals surface area contributed by atoms with Gasteiger partial charge in [-0.2, -0.15) is 17.2 Å². The molecule has 0 radical (unpaired) electrons. The van der Waals surface area contributed by atoms with E-state index in [0.717, 1.165) is 0 Å². The zero-order valence-electron chi connectivity index (χ0n) is 13.3. The number of hydrogen-bond donors (Lipinski definition) is 0. The molecule has 0 aromatic heterocycles. The molecular formula is C13H20F2INO5S. The van der Waals surface area contributed by atoms with Gasteiger partial charge in [0, 0.05) is 19.0 Å². The highest BCUT2D eigenvalue weighted by molar-refractivity contribution is 14.2. The second-order valence-corrected chi connectivity index (χ2v) is 10.4. The van der Waals surface area contributed by atoms with E-state index in [9.17, 15) is 22.0 Å². The average Bonchev–Trinajstić information content (AvgIpc) is 2.35. The lowest BCUT2D eigenvalue weighted by atomic mass is 10.1. The summed E-state index contributed by atoms with van der Waals surface area (Å²) < 4.78 is 58.6. The van der Waals surface area contributed by atoms with E-state index in [1.54, 1.807) is 27.7 Å². The Balaban J connectivity index is 2.83. The van der Waals surface area contributed by atoms with Gasteiger partial charge in [0.1, 0.15) is 11.4 Å². The molecule has 0 saturated carbocycles. The van der Waals surface area contributed by atoms with E-state index in [1.165, 1.54) is 11.0 Å². The van der Waals surface area contributed by atoms with E-state index in [1.807, 2.05) is 0 Å². The minimum absolute atomic E-state index is 0.00398. The maximum Gasteiger partial charge on any atom is 0.423 e. The molecular weight excluding hydrogens is 447 g/mol. The first-order valence-electron chi connectivity index (χ1n) is 6.69. The van der Waals surface area contributed by atoms with Crippen molar-refractivity contribution < 1.29 is 30.9 Å². The second kappa shape index (κ2) is 6.99. The Kier molecular flexibility index (Phi) is 6.16. The van der Waals surface area contributed by atoms with Crippen molar-refractivity contribution in [2.24, 2.45) is 0 Å². The number of nitrogens with zero attached hydrogens (tertiary/aromatic N) is 1. The van der Waals surface area contributed by atoms with E-state index < -0.39 is 51.8 Å². The van der Waals surface area contributed by atoms with Gasteiger partial charge < -0.3 is 13.8 Å². The summed E-state index contributed by atoms with van der Waals surface area (Å²) >= 11 is -2.11. The summed E-state index contributed by atoms with van der Waals surface area (Å²) in [6, 6.07) is -0.442. The summed E-state index contributed by atoms with van der Waals surface area (Å²) in [5.41, 5.74) is -0.666. The molecule has 0 N–H and O–H groups in total. The fourth-order valence-corrected chi connectivity index (χ4v) is 3.82. The van der Waals surface area contributed by atoms with Crippen LogP contribution in [-0.2, 0) is 19.0 Å². The molecule has 1 unspecified atom stereocenters. The third kappa shape index (κ3) is 5.37.